The summed E-state index contributed by atoms with van der Waals surface area (Å²) in [5.41, 5.74) is 1.12. The molecule has 0 saturated heterocycles. The number of halogens is 2. The molecule has 0 aliphatic rings. The number of nitro groups is 1. The lowest BCUT2D eigenvalue weighted by atomic mass is 10.2. The number of aromatic nitrogens is 2. The molecule has 1 aromatic heterocycles. The Hall–Kier alpha value is -4.67. The van der Waals surface area contributed by atoms with Gasteiger partial charge < -0.3 is 15.6 Å². The van der Waals surface area contributed by atoms with Crippen LogP contribution in [0.5, 0.6) is 0 Å². The van der Waals surface area contributed by atoms with Gasteiger partial charge in [-0.1, -0.05) is 6.07 Å². The maximum atomic E-state index is 14.0. The number of benzene rings is 3. The first-order valence-electron chi connectivity index (χ1n) is 9.58. The van der Waals surface area contributed by atoms with Crippen molar-refractivity contribution in [1.82, 2.24) is 15.3 Å². The van der Waals surface area contributed by atoms with Gasteiger partial charge in [0.1, 0.15) is 17.5 Å². The van der Waals surface area contributed by atoms with Crippen LogP contribution in [0.15, 0.2) is 60.7 Å². The van der Waals surface area contributed by atoms with Crippen LogP contribution in [0.3, 0.4) is 0 Å². The number of nitrogens with one attached hydrogen (secondary N) is 3. The molecule has 11 heteroatoms. The van der Waals surface area contributed by atoms with Gasteiger partial charge >= 0.3 is 0 Å². The first-order valence-corrected chi connectivity index (χ1v) is 9.58. The minimum atomic E-state index is -0.639. The zero-order valence-corrected chi connectivity index (χ0v) is 16.8. The van der Waals surface area contributed by atoms with Gasteiger partial charge in [0.25, 0.3) is 11.6 Å². The van der Waals surface area contributed by atoms with Crippen molar-refractivity contribution in [3.05, 3.63) is 88.0 Å². The fourth-order valence-corrected chi connectivity index (χ4v) is 3.12. The highest BCUT2D eigenvalue weighted by atomic mass is 19.1. The van der Waals surface area contributed by atoms with Crippen molar-refractivity contribution in [1.29, 1.82) is 0 Å². The molecular formula is C22H15F2N5O4. The second-order valence-corrected chi connectivity index (χ2v) is 6.98. The number of rotatable bonds is 6. The van der Waals surface area contributed by atoms with Crippen LogP contribution in [0.25, 0.3) is 22.4 Å². The van der Waals surface area contributed by atoms with Gasteiger partial charge in [-0.05, 0) is 42.5 Å². The Morgan fingerprint density at radius 1 is 1.06 bits per heavy atom. The topological polar surface area (TPSA) is 130 Å². The van der Waals surface area contributed by atoms with Crippen LogP contribution in [-0.4, -0.2) is 33.3 Å². The number of fused-ring (bicyclic) bond motifs is 1. The van der Waals surface area contributed by atoms with Crippen molar-refractivity contribution in [3.8, 4) is 11.4 Å². The summed E-state index contributed by atoms with van der Waals surface area (Å²) in [6.45, 7) is -0.373. The normalized spacial score (nSPS) is 10.7. The van der Waals surface area contributed by atoms with Crippen LogP contribution < -0.4 is 10.6 Å². The lowest BCUT2D eigenvalue weighted by Gasteiger charge is -2.07. The number of carbonyl (C=O) groups is 2. The molecule has 0 atom stereocenters. The van der Waals surface area contributed by atoms with Crippen LogP contribution in [0.1, 0.15) is 10.4 Å². The number of imidazole rings is 1. The van der Waals surface area contributed by atoms with Crippen molar-refractivity contribution >= 4 is 34.2 Å². The van der Waals surface area contributed by atoms with Crippen LogP contribution in [0, 0.1) is 21.7 Å². The Balaban J connectivity index is 1.43. The van der Waals surface area contributed by atoms with Crippen LogP contribution >= 0.6 is 0 Å². The molecule has 0 unspecified atom stereocenters. The molecule has 0 radical (unpaired) electrons. The zero-order chi connectivity index (χ0) is 23.5. The highest BCUT2D eigenvalue weighted by Crippen LogP contribution is 2.25. The largest absolute Gasteiger partial charge is 0.343 e. The molecule has 9 nitrogen and oxygen atoms in total. The van der Waals surface area contributed by atoms with Gasteiger partial charge in [0.2, 0.25) is 5.91 Å². The highest BCUT2D eigenvalue weighted by molar-refractivity contribution is 6.00. The number of nitrogens with zero attached hydrogens (tertiary/aromatic N) is 2. The van der Waals surface area contributed by atoms with Crippen molar-refractivity contribution in [2.75, 3.05) is 11.9 Å². The summed E-state index contributed by atoms with van der Waals surface area (Å²) >= 11 is 0. The number of aromatic amines is 1. The van der Waals surface area contributed by atoms with Gasteiger partial charge in [-0.3, -0.25) is 19.7 Å². The SMILES string of the molecule is O=C(CNC(=O)c1cccc([N+](=O)[O-])c1)Nc1ccc2nc(-c3cc(F)ccc3F)[nH]c2c1. The van der Waals surface area contributed by atoms with Crippen molar-refractivity contribution in [3.63, 3.8) is 0 Å². The van der Waals surface area contributed by atoms with E-state index in [1.165, 1.54) is 18.2 Å². The number of hydrogen-bond acceptors (Lipinski definition) is 5. The van der Waals surface area contributed by atoms with Crippen molar-refractivity contribution in [2.45, 2.75) is 0 Å². The number of hydrogen-bond donors (Lipinski definition) is 3. The molecule has 0 aliphatic heterocycles. The highest BCUT2D eigenvalue weighted by Gasteiger charge is 2.14. The van der Waals surface area contributed by atoms with E-state index in [0.29, 0.717) is 16.7 Å². The average Bonchev–Trinajstić information content (AvgIpc) is 3.22. The summed E-state index contributed by atoms with van der Waals surface area (Å²) in [6, 6.07) is 12.9. The lowest BCUT2D eigenvalue weighted by Crippen LogP contribution is -2.32. The van der Waals surface area contributed by atoms with E-state index >= 15 is 0 Å². The number of anilines is 1. The second-order valence-electron chi connectivity index (χ2n) is 6.98. The van der Waals surface area contributed by atoms with Gasteiger partial charge in [0, 0.05) is 23.4 Å². The van der Waals surface area contributed by atoms with Crippen molar-refractivity contribution in [2.24, 2.45) is 0 Å². The molecule has 4 aromatic rings. The van der Waals surface area contributed by atoms with E-state index in [0.717, 1.165) is 24.3 Å². The molecule has 0 saturated carbocycles. The van der Waals surface area contributed by atoms with Crippen molar-refractivity contribution < 1.29 is 23.3 Å². The maximum absolute atomic E-state index is 14.0. The third-order valence-electron chi connectivity index (χ3n) is 4.68. The standard InChI is InChI=1S/C22H15F2N5O4/c23-13-4-6-17(24)16(9-13)21-27-18-7-5-14(10-19(18)28-21)26-20(30)11-25-22(31)12-2-1-3-15(8-12)29(32)33/h1-10H,11H2,(H,25,31)(H,26,30)(H,27,28). The van der Waals surface area contributed by atoms with Gasteiger partial charge in [0.05, 0.1) is 28.1 Å². The molecule has 2 amide bonds. The predicted molar refractivity (Wildman–Crippen MR) is 116 cm³/mol. The Kier molecular flexibility index (Phi) is 5.77. The Bertz CT molecular complexity index is 1400. The second kappa shape index (κ2) is 8.83. The fraction of sp³-hybridized carbons (Fsp3) is 0.0455. The number of amides is 2. The molecule has 33 heavy (non-hydrogen) atoms. The van der Waals surface area contributed by atoms with Crippen LogP contribution in [0.2, 0.25) is 0 Å². The summed E-state index contributed by atoms with van der Waals surface area (Å²) < 4.78 is 27.5. The quantitative estimate of drug-likeness (QED) is 0.303. The molecule has 0 bridgehead atoms. The van der Waals surface area contributed by atoms with Gasteiger partial charge in [-0.15, -0.1) is 0 Å². The van der Waals surface area contributed by atoms with Gasteiger partial charge in [-0.25, -0.2) is 13.8 Å². The Labute approximate surface area is 184 Å². The molecule has 0 fully saturated rings. The van der Waals surface area contributed by atoms with Crippen LogP contribution in [-0.2, 0) is 4.79 Å². The molecular weight excluding hydrogens is 436 g/mol. The average molecular weight is 451 g/mol. The minimum absolute atomic E-state index is 0.0272. The summed E-state index contributed by atoms with van der Waals surface area (Å²) in [5.74, 6) is -2.28. The van der Waals surface area contributed by atoms with E-state index in [-0.39, 0.29) is 29.2 Å². The molecule has 1 heterocycles. The van der Waals surface area contributed by atoms with Gasteiger partial charge in [-0.2, -0.15) is 0 Å². The molecule has 166 valence electrons. The number of H-pyrrole nitrogens is 1. The number of nitro benzene ring substituents is 1. The van der Waals surface area contributed by atoms with E-state index in [9.17, 15) is 28.5 Å². The smallest absolute Gasteiger partial charge is 0.270 e. The first-order chi connectivity index (χ1) is 15.8. The van der Waals surface area contributed by atoms with E-state index in [2.05, 4.69) is 20.6 Å². The Morgan fingerprint density at radius 3 is 2.67 bits per heavy atom. The van der Waals surface area contributed by atoms with Gasteiger partial charge in [0.15, 0.2) is 0 Å². The van der Waals surface area contributed by atoms with Crippen LogP contribution in [0.4, 0.5) is 20.2 Å². The molecule has 3 aromatic carbocycles. The lowest BCUT2D eigenvalue weighted by molar-refractivity contribution is -0.384. The fourth-order valence-electron chi connectivity index (χ4n) is 3.12. The molecule has 0 spiro atoms. The van der Waals surface area contributed by atoms with E-state index < -0.39 is 28.4 Å². The molecule has 3 N–H and O–H groups in total. The Morgan fingerprint density at radius 2 is 1.88 bits per heavy atom. The monoisotopic (exact) mass is 451 g/mol. The third-order valence-corrected chi connectivity index (χ3v) is 4.68. The summed E-state index contributed by atoms with van der Waals surface area (Å²) in [6.07, 6.45) is 0. The summed E-state index contributed by atoms with van der Waals surface area (Å²) in [7, 11) is 0. The van der Waals surface area contributed by atoms with E-state index in [4.69, 9.17) is 0 Å². The first kappa shape index (κ1) is 21.6. The third kappa shape index (κ3) is 4.82. The predicted octanol–water partition coefficient (Wildman–Crippen LogP) is 3.78. The minimum Gasteiger partial charge on any atom is -0.343 e. The molecule has 0 aliphatic carbocycles. The number of carbonyl (C=O) groups excluding carboxylic acids is 2. The number of non-ortho nitro benzene ring substituents is 1. The van der Waals surface area contributed by atoms with E-state index in [1.54, 1.807) is 18.2 Å². The summed E-state index contributed by atoms with van der Waals surface area (Å²) in [4.78, 5) is 41.7. The maximum Gasteiger partial charge on any atom is 0.270 e. The molecule has 4 rings (SSSR count). The summed E-state index contributed by atoms with van der Waals surface area (Å²) in [5, 5.41) is 15.8. The van der Waals surface area contributed by atoms with E-state index in [1.807, 2.05) is 0 Å². The zero-order valence-electron chi connectivity index (χ0n) is 16.8.